The van der Waals surface area contributed by atoms with Gasteiger partial charge in [0, 0.05) is 32.7 Å². The van der Waals surface area contributed by atoms with Crippen LogP contribution in [0.3, 0.4) is 0 Å². The molecule has 1 fully saturated rings. The Labute approximate surface area is 136 Å². The van der Waals surface area contributed by atoms with Gasteiger partial charge in [0.2, 0.25) is 5.91 Å². The molecule has 1 saturated heterocycles. The van der Waals surface area contributed by atoms with Crippen LogP contribution in [0.2, 0.25) is 0 Å². The zero-order chi connectivity index (χ0) is 16.2. The first kappa shape index (κ1) is 15.5. The lowest BCUT2D eigenvalue weighted by Crippen LogP contribution is -2.31. The van der Waals surface area contributed by atoms with Crippen LogP contribution in [0.15, 0.2) is 36.9 Å². The second-order valence-corrected chi connectivity index (χ2v) is 6.14. The van der Waals surface area contributed by atoms with Crippen LogP contribution in [0.25, 0.3) is 0 Å². The van der Waals surface area contributed by atoms with Crippen molar-refractivity contribution in [3.8, 4) is 0 Å². The first-order valence-corrected chi connectivity index (χ1v) is 8.04. The molecule has 1 aromatic heterocycles. The third-order valence-electron chi connectivity index (χ3n) is 4.37. The third-order valence-corrected chi connectivity index (χ3v) is 4.37. The van der Waals surface area contributed by atoms with Crippen molar-refractivity contribution in [3.05, 3.63) is 42.5 Å². The van der Waals surface area contributed by atoms with Gasteiger partial charge in [0.25, 0.3) is 0 Å². The summed E-state index contributed by atoms with van der Waals surface area (Å²) in [5.41, 5.74) is 2.40. The maximum Gasteiger partial charge on any atom is 0.224 e. The molecule has 1 aliphatic heterocycles. The van der Waals surface area contributed by atoms with Crippen molar-refractivity contribution in [1.82, 2.24) is 19.7 Å². The predicted molar refractivity (Wildman–Crippen MR) is 89.1 cm³/mol. The largest absolute Gasteiger partial charge is 0.378 e. The lowest BCUT2D eigenvalue weighted by molar-refractivity contribution is -0.132. The van der Waals surface area contributed by atoms with Crippen molar-refractivity contribution in [2.45, 2.75) is 31.8 Å². The average molecular weight is 313 g/mol. The van der Waals surface area contributed by atoms with Crippen LogP contribution in [0.1, 0.15) is 30.9 Å². The van der Waals surface area contributed by atoms with Crippen molar-refractivity contribution >= 4 is 11.6 Å². The van der Waals surface area contributed by atoms with Gasteiger partial charge in [-0.1, -0.05) is 12.1 Å². The molecule has 0 N–H and O–H groups in total. The molecule has 2 aromatic rings. The summed E-state index contributed by atoms with van der Waals surface area (Å²) >= 11 is 0. The van der Waals surface area contributed by atoms with Crippen molar-refractivity contribution in [2.24, 2.45) is 0 Å². The highest BCUT2D eigenvalue weighted by molar-refractivity contribution is 5.77. The van der Waals surface area contributed by atoms with Gasteiger partial charge in [0.1, 0.15) is 12.7 Å². The van der Waals surface area contributed by atoms with Crippen molar-refractivity contribution in [1.29, 1.82) is 0 Å². The molecule has 1 atom stereocenters. The number of hydrogen-bond acceptors (Lipinski definition) is 4. The maximum atomic E-state index is 12.6. The summed E-state index contributed by atoms with van der Waals surface area (Å²) in [5.74, 6) is 0.193. The molecular formula is C17H23N5O. The van der Waals surface area contributed by atoms with Crippen LogP contribution >= 0.6 is 0 Å². The first-order chi connectivity index (χ1) is 11.1. The number of rotatable bonds is 5. The smallest absolute Gasteiger partial charge is 0.224 e. The zero-order valence-corrected chi connectivity index (χ0v) is 13.7. The van der Waals surface area contributed by atoms with E-state index in [-0.39, 0.29) is 11.9 Å². The van der Waals surface area contributed by atoms with Gasteiger partial charge in [-0.2, -0.15) is 5.10 Å². The van der Waals surface area contributed by atoms with Crippen LogP contribution in [0, 0.1) is 0 Å². The molecule has 0 spiro atoms. The first-order valence-electron chi connectivity index (χ1n) is 8.04. The third kappa shape index (κ3) is 3.52. The summed E-state index contributed by atoms with van der Waals surface area (Å²) in [6, 6.07) is 8.67. The summed E-state index contributed by atoms with van der Waals surface area (Å²) < 4.78 is 1.70. The van der Waals surface area contributed by atoms with Gasteiger partial charge in [0.05, 0.1) is 12.6 Å². The zero-order valence-electron chi connectivity index (χ0n) is 13.7. The van der Waals surface area contributed by atoms with Gasteiger partial charge in [0.15, 0.2) is 0 Å². The fourth-order valence-electron chi connectivity index (χ4n) is 3.12. The van der Waals surface area contributed by atoms with E-state index in [9.17, 15) is 4.79 Å². The lowest BCUT2D eigenvalue weighted by Gasteiger charge is -2.26. The number of amides is 1. The Morgan fingerprint density at radius 1 is 1.39 bits per heavy atom. The number of carbonyl (C=O) groups excluding carboxylic acids is 1. The van der Waals surface area contributed by atoms with E-state index in [1.165, 1.54) is 17.6 Å². The van der Waals surface area contributed by atoms with Crippen LogP contribution < -0.4 is 4.90 Å². The summed E-state index contributed by atoms with van der Waals surface area (Å²) in [6.07, 6.45) is 5.70. The van der Waals surface area contributed by atoms with E-state index in [2.05, 4.69) is 39.2 Å². The number of aryl methyl sites for hydroxylation is 1. The lowest BCUT2D eigenvalue weighted by atomic mass is 10.0. The van der Waals surface area contributed by atoms with E-state index in [1.54, 1.807) is 11.0 Å². The molecule has 3 rings (SSSR count). The molecular weight excluding hydrogens is 290 g/mol. The van der Waals surface area contributed by atoms with Crippen LogP contribution in [0.4, 0.5) is 5.69 Å². The molecule has 0 unspecified atom stereocenters. The van der Waals surface area contributed by atoms with Gasteiger partial charge in [-0.15, -0.1) is 0 Å². The number of nitrogens with zero attached hydrogens (tertiary/aromatic N) is 5. The molecule has 1 aromatic carbocycles. The van der Waals surface area contributed by atoms with Crippen molar-refractivity contribution < 1.29 is 4.79 Å². The van der Waals surface area contributed by atoms with Crippen molar-refractivity contribution in [2.75, 3.05) is 25.5 Å². The van der Waals surface area contributed by atoms with E-state index in [0.29, 0.717) is 13.0 Å². The average Bonchev–Trinajstić information content (AvgIpc) is 3.24. The monoisotopic (exact) mass is 313 g/mol. The van der Waals surface area contributed by atoms with Crippen LogP contribution in [-0.2, 0) is 11.3 Å². The minimum atomic E-state index is 0.193. The second-order valence-electron chi connectivity index (χ2n) is 6.14. The number of hydrogen-bond donors (Lipinski definition) is 0. The van der Waals surface area contributed by atoms with Gasteiger partial charge in [-0.05, 0) is 30.5 Å². The Hall–Kier alpha value is -2.37. The number of likely N-dealkylation sites (tertiary alicyclic amines) is 1. The molecule has 1 aliphatic rings. The molecule has 0 bridgehead atoms. The SMILES string of the molecule is CN(C)c1cccc([C@H]2CCCN2C(=O)CCn2cncn2)c1. The minimum absolute atomic E-state index is 0.193. The van der Waals surface area contributed by atoms with E-state index >= 15 is 0 Å². The molecule has 0 saturated carbocycles. The molecule has 0 radical (unpaired) electrons. The second kappa shape index (κ2) is 6.81. The highest BCUT2D eigenvalue weighted by atomic mass is 16.2. The van der Waals surface area contributed by atoms with Gasteiger partial charge in [-0.3, -0.25) is 9.48 Å². The number of carbonyl (C=O) groups is 1. The number of aromatic nitrogens is 3. The standard InChI is InChI=1S/C17H23N5O/c1-20(2)15-6-3-5-14(11-15)16-7-4-9-22(16)17(23)8-10-21-13-18-12-19-21/h3,5-6,11-13,16H,4,7-10H2,1-2H3/t16-/m1/s1. The Morgan fingerprint density at radius 2 is 2.26 bits per heavy atom. The fourth-order valence-corrected chi connectivity index (χ4v) is 3.12. The molecule has 0 aliphatic carbocycles. The van der Waals surface area contributed by atoms with Gasteiger partial charge >= 0.3 is 0 Å². The van der Waals surface area contributed by atoms with E-state index < -0.39 is 0 Å². The van der Waals surface area contributed by atoms with Crippen LogP contribution in [0.5, 0.6) is 0 Å². The summed E-state index contributed by atoms with van der Waals surface area (Å²) in [7, 11) is 4.07. The molecule has 6 heteroatoms. The Bertz CT molecular complexity index is 653. The molecule has 122 valence electrons. The molecule has 2 heterocycles. The maximum absolute atomic E-state index is 12.6. The summed E-state index contributed by atoms with van der Waals surface area (Å²) in [4.78, 5) is 20.6. The van der Waals surface area contributed by atoms with Gasteiger partial charge < -0.3 is 9.80 Å². The minimum Gasteiger partial charge on any atom is -0.378 e. The molecule has 6 nitrogen and oxygen atoms in total. The summed E-state index contributed by atoms with van der Waals surface area (Å²) in [6.45, 7) is 1.42. The number of anilines is 1. The van der Waals surface area contributed by atoms with E-state index in [4.69, 9.17) is 0 Å². The molecule has 1 amide bonds. The quantitative estimate of drug-likeness (QED) is 0.848. The summed E-state index contributed by atoms with van der Waals surface area (Å²) in [5, 5.41) is 4.05. The normalized spacial score (nSPS) is 17.5. The predicted octanol–water partition coefficient (Wildman–Crippen LogP) is 2.10. The van der Waals surface area contributed by atoms with Gasteiger partial charge in [-0.25, -0.2) is 4.98 Å². The van der Waals surface area contributed by atoms with Crippen LogP contribution in [-0.4, -0.2) is 46.2 Å². The highest BCUT2D eigenvalue weighted by Gasteiger charge is 2.29. The Kier molecular flexibility index (Phi) is 4.60. The Morgan fingerprint density at radius 3 is 3.00 bits per heavy atom. The van der Waals surface area contributed by atoms with E-state index in [0.717, 1.165) is 19.4 Å². The Balaban J connectivity index is 1.69. The van der Waals surface area contributed by atoms with E-state index in [1.807, 2.05) is 19.0 Å². The number of benzene rings is 1. The fraction of sp³-hybridized carbons (Fsp3) is 0.471. The topological polar surface area (TPSA) is 54.3 Å². The highest BCUT2D eigenvalue weighted by Crippen LogP contribution is 2.33. The van der Waals surface area contributed by atoms with Crippen molar-refractivity contribution in [3.63, 3.8) is 0 Å². The molecule has 23 heavy (non-hydrogen) atoms.